The van der Waals surface area contributed by atoms with Gasteiger partial charge in [-0.1, -0.05) is 130 Å². The molecule has 12 heteroatoms. The van der Waals surface area contributed by atoms with Gasteiger partial charge in [-0.15, -0.1) is 0 Å². The number of carboxylic acids is 1. The highest BCUT2D eigenvalue weighted by Crippen LogP contribution is 2.43. The fourth-order valence-corrected chi connectivity index (χ4v) is 5.48. The second kappa shape index (κ2) is 38.3. The zero-order valence-electron chi connectivity index (χ0n) is 33.9. The van der Waals surface area contributed by atoms with Gasteiger partial charge in [0.1, 0.15) is 12.6 Å². The largest absolute Gasteiger partial charge is 0.480 e. The Kier molecular flexibility index (Phi) is 35.8. The van der Waals surface area contributed by atoms with Gasteiger partial charge in [-0.2, -0.15) is 0 Å². The van der Waals surface area contributed by atoms with Crippen molar-refractivity contribution in [2.75, 3.05) is 19.8 Å². The minimum absolute atomic E-state index is 0.0727. The molecule has 0 aromatic carbocycles. The van der Waals surface area contributed by atoms with Crippen molar-refractivity contribution in [2.24, 2.45) is 5.73 Å². The Morgan fingerprint density at radius 1 is 0.554 bits per heavy atom. The zero-order chi connectivity index (χ0) is 41.4. The van der Waals surface area contributed by atoms with E-state index in [1.165, 1.54) is 0 Å². The van der Waals surface area contributed by atoms with E-state index < -0.39 is 51.1 Å². The Hall–Kier alpha value is -3.60. The van der Waals surface area contributed by atoms with Gasteiger partial charge in [0.05, 0.1) is 13.2 Å². The second-order valence-corrected chi connectivity index (χ2v) is 14.5. The fraction of sp³-hybridized carbons (Fsp3) is 0.568. The maximum Gasteiger partial charge on any atom is 0.472 e. The molecule has 0 aliphatic heterocycles. The van der Waals surface area contributed by atoms with E-state index in [4.69, 9.17) is 24.8 Å². The van der Waals surface area contributed by atoms with Gasteiger partial charge in [-0.05, 0) is 83.5 Å². The average molecular weight is 804 g/mol. The number of hydrogen-bond donors (Lipinski definition) is 3. The number of carbonyl (C=O) groups is 3. The fourth-order valence-electron chi connectivity index (χ4n) is 4.70. The number of carbonyl (C=O) groups excluding carboxylic acids is 2. The number of carboxylic acid groups (broad SMARTS) is 1. The van der Waals surface area contributed by atoms with E-state index in [1.54, 1.807) is 0 Å². The number of nitrogens with two attached hydrogens (primary N) is 1. The lowest BCUT2D eigenvalue weighted by atomic mass is 10.1. The highest BCUT2D eigenvalue weighted by molar-refractivity contribution is 7.47. The molecular formula is C44H70NO10P. The van der Waals surface area contributed by atoms with Crippen LogP contribution in [0.2, 0.25) is 0 Å². The molecule has 0 aliphatic carbocycles. The third kappa shape index (κ3) is 37.3. The molecule has 11 nitrogen and oxygen atoms in total. The number of phosphoric acid groups is 1. The summed E-state index contributed by atoms with van der Waals surface area (Å²) in [7, 11) is -4.74. The van der Waals surface area contributed by atoms with Gasteiger partial charge < -0.3 is 25.2 Å². The molecule has 56 heavy (non-hydrogen) atoms. The summed E-state index contributed by atoms with van der Waals surface area (Å²) >= 11 is 0. The number of esters is 2. The molecule has 0 bridgehead atoms. The van der Waals surface area contributed by atoms with Gasteiger partial charge in [-0.3, -0.25) is 23.4 Å². The molecule has 0 rings (SSSR count). The molecule has 0 fully saturated rings. The Balaban J connectivity index is 4.56. The first-order chi connectivity index (χ1) is 27.1. The monoisotopic (exact) mass is 803 g/mol. The Labute approximate surface area is 336 Å². The van der Waals surface area contributed by atoms with Crippen molar-refractivity contribution in [1.29, 1.82) is 0 Å². The molecule has 0 aliphatic rings. The van der Waals surface area contributed by atoms with Crippen LogP contribution in [0.15, 0.2) is 97.2 Å². The van der Waals surface area contributed by atoms with E-state index in [1.807, 2.05) is 12.2 Å². The van der Waals surface area contributed by atoms with Crippen LogP contribution in [-0.2, 0) is 37.5 Å². The first kappa shape index (κ1) is 52.4. The summed E-state index contributed by atoms with van der Waals surface area (Å²) in [5, 5.41) is 8.88. The first-order valence-electron chi connectivity index (χ1n) is 20.3. The zero-order valence-corrected chi connectivity index (χ0v) is 34.8. The third-order valence-corrected chi connectivity index (χ3v) is 8.78. The molecule has 3 atom stereocenters. The van der Waals surface area contributed by atoms with Crippen LogP contribution in [0, 0.1) is 0 Å². The van der Waals surface area contributed by atoms with Gasteiger partial charge >= 0.3 is 25.7 Å². The molecule has 0 heterocycles. The maximum absolute atomic E-state index is 12.6. The van der Waals surface area contributed by atoms with Crippen LogP contribution in [-0.4, -0.2) is 59.9 Å². The summed E-state index contributed by atoms with van der Waals surface area (Å²) in [5.41, 5.74) is 5.32. The van der Waals surface area contributed by atoms with E-state index in [0.29, 0.717) is 19.3 Å². The molecule has 0 amide bonds. The molecule has 0 saturated carbocycles. The van der Waals surface area contributed by atoms with Gasteiger partial charge in [0.2, 0.25) is 0 Å². The predicted molar refractivity (Wildman–Crippen MR) is 226 cm³/mol. The third-order valence-electron chi connectivity index (χ3n) is 7.83. The van der Waals surface area contributed by atoms with Crippen molar-refractivity contribution in [3.8, 4) is 0 Å². The van der Waals surface area contributed by atoms with Gasteiger partial charge in [0.25, 0.3) is 0 Å². The van der Waals surface area contributed by atoms with E-state index in [9.17, 15) is 23.8 Å². The van der Waals surface area contributed by atoms with Crippen molar-refractivity contribution in [3.05, 3.63) is 97.2 Å². The van der Waals surface area contributed by atoms with Crippen LogP contribution in [0.1, 0.15) is 129 Å². The molecule has 0 aromatic rings. The van der Waals surface area contributed by atoms with Crippen molar-refractivity contribution in [3.63, 3.8) is 0 Å². The summed E-state index contributed by atoms with van der Waals surface area (Å²) in [6, 6.07) is -1.54. The van der Waals surface area contributed by atoms with Crippen LogP contribution in [0.4, 0.5) is 0 Å². The molecule has 316 valence electrons. The number of phosphoric ester groups is 1. The lowest BCUT2D eigenvalue weighted by Gasteiger charge is -2.20. The van der Waals surface area contributed by atoms with Crippen molar-refractivity contribution >= 4 is 25.7 Å². The van der Waals surface area contributed by atoms with Crippen molar-refractivity contribution in [1.82, 2.24) is 0 Å². The molecule has 0 aromatic heterocycles. The normalized spacial score (nSPS) is 14.8. The topological polar surface area (TPSA) is 172 Å². The minimum Gasteiger partial charge on any atom is -0.480 e. The number of aliphatic carboxylic acids is 1. The van der Waals surface area contributed by atoms with Crippen LogP contribution in [0.25, 0.3) is 0 Å². The standard InChI is InChI=1S/C44H70NO10P/c1-3-5-7-9-11-13-15-17-19-20-22-24-26-28-30-32-34-36-43(47)55-40(38-53-56(50,51)54-39-41(45)44(48)49)37-52-42(46)35-33-31-29-27-25-23-21-18-16-14-12-10-8-6-4-2/h5-8,11-14,17-19,21-22,24,28,30,40-41H,3-4,9-10,15-16,20,23,25-27,29,31-39,45H2,1-2H3,(H,48,49)(H,50,51)/b7-5+,8-6+,13-11+,14-12+,19-17+,21-18+,24-22+,30-28+/t40-,41+/m1/s1. The molecule has 0 radical (unpaired) electrons. The predicted octanol–water partition coefficient (Wildman–Crippen LogP) is 10.5. The Morgan fingerprint density at radius 2 is 0.964 bits per heavy atom. The number of allylic oxidation sites excluding steroid dienone is 16. The minimum atomic E-state index is -4.74. The van der Waals surface area contributed by atoms with Crippen molar-refractivity contribution < 1.29 is 47.5 Å². The molecule has 1 unspecified atom stereocenters. The highest BCUT2D eigenvalue weighted by Gasteiger charge is 2.28. The Bertz CT molecular complexity index is 1310. The summed E-state index contributed by atoms with van der Waals surface area (Å²) < 4.78 is 32.6. The molecule has 0 saturated heterocycles. The van der Waals surface area contributed by atoms with Crippen LogP contribution >= 0.6 is 7.82 Å². The SMILES string of the molecule is CC/C=C/C/C=C/C/C=C/C/C=C/C/C=C/CCCC(=O)O[C@H](COC(=O)CCCCCCC/C=C/C/C=C/C/C=C/CC)COP(=O)(O)OC[C@H](N)C(=O)O. The molecule has 0 spiro atoms. The van der Waals surface area contributed by atoms with Crippen LogP contribution in [0.5, 0.6) is 0 Å². The summed E-state index contributed by atoms with van der Waals surface area (Å²) in [4.78, 5) is 45.9. The number of ether oxygens (including phenoxy) is 2. The van der Waals surface area contributed by atoms with E-state index in [2.05, 4.69) is 103 Å². The summed E-state index contributed by atoms with van der Waals surface area (Å²) in [6.07, 6.45) is 47.7. The van der Waals surface area contributed by atoms with Gasteiger partial charge in [0.15, 0.2) is 6.10 Å². The smallest absolute Gasteiger partial charge is 0.472 e. The maximum atomic E-state index is 12.6. The Morgan fingerprint density at radius 3 is 1.46 bits per heavy atom. The van der Waals surface area contributed by atoms with Crippen LogP contribution in [0.3, 0.4) is 0 Å². The second-order valence-electron chi connectivity index (χ2n) is 13.0. The van der Waals surface area contributed by atoms with E-state index in [-0.39, 0.29) is 19.4 Å². The average Bonchev–Trinajstić information content (AvgIpc) is 3.17. The van der Waals surface area contributed by atoms with E-state index in [0.717, 1.165) is 83.5 Å². The number of unbranched alkanes of at least 4 members (excludes halogenated alkanes) is 6. The van der Waals surface area contributed by atoms with Gasteiger partial charge in [-0.25, -0.2) is 4.57 Å². The highest BCUT2D eigenvalue weighted by atomic mass is 31.2. The lowest BCUT2D eigenvalue weighted by Crippen LogP contribution is -2.34. The summed E-state index contributed by atoms with van der Waals surface area (Å²) in [6.45, 7) is 2.47. The number of hydrogen-bond acceptors (Lipinski definition) is 9. The van der Waals surface area contributed by atoms with Crippen LogP contribution < -0.4 is 5.73 Å². The van der Waals surface area contributed by atoms with E-state index >= 15 is 0 Å². The quantitative estimate of drug-likeness (QED) is 0.0238. The lowest BCUT2D eigenvalue weighted by molar-refractivity contribution is -0.161. The first-order valence-corrected chi connectivity index (χ1v) is 21.8. The summed E-state index contributed by atoms with van der Waals surface area (Å²) in [5.74, 6) is -2.49. The van der Waals surface area contributed by atoms with Crippen molar-refractivity contribution in [2.45, 2.75) is 142 Å². The molecule has 4 N–H and O–H groups in total. The number of rotatable bonds is 36. The van der Waals surface area contributed by atoms with Gasteiger partial charge in [0, 0.05) is 12.8 Å². The molecular weight excluding hydrogens is 733 g/mol.